The van der Waals surface area contributed by atoms with Gasteiger partial charge in [-0.1, -0.05) is 0 Å². The number of allylic oxidation sites excluding steroid dienone is 1. The normalized spacial score (nSPS) is 11.1. The number of hydrogen-bond acceptors (Lipinski definition) is 5. The summed E-state index contributed by atoms with van der Waals surface area (Å²) < 4.78 is 6.58. The lowest BCUT2D eigenvalue weighted by Gasteiger charge is -2.08. The molecule has 2 aromatic rings. The van der Waals surface area contributed by atoms with Crippen molar-refractivity contribution >= 4 is 5.78 Å². The second kappa shape index (κ2) is 6.71. The van der Waals surface area contributed by atoms with Gasteiger partial charge in [-0.15, -0.1) is 0 Å². The monoisotopic (exact) mass is 299 g/mol. The summed E-state index contributed by atoms with van der Waals surface area (Å²) in [6.45, 7) is 1.63. The fraction of sp³-hybridized carbons (Fsp3) is 0.188. The Balaban J connectivity index is 2.43. The minimum Gasteiger partial charge on any atom is -0.497 e. The maximum atomic E-state index is 12.2. The van der Waals surface area contributed by atoms with Crippen molar-refractivity contribution in [2.75, 3.05) is 14.2 Å². The largest absolute Gasteiger partial charge is 0.497 e. The number of carbonyl (C=O) groups excluding carboxylic acids is 1. The van der Waals surface area contributed by atoms with Crippen LogP contribution in [0.2, 0.25) is 0 Å². The molecule has 6 nitrogen and oxygen atoms in total. The SMILES string of the molecule is CN/C=C(\C)C(=O)c1nn(-c2ccc(OC)cc2)ccc1=O. The molecule has 0 fully saturated rings. The van der Waals surface area contributed by atoms with Gasteiger partial charge in [0.05, 0.1) is 12.8 Å². The smallest absolute Gasteiger partial charge is 0.214 e. The standard InChI is InChI=1S/C16H17N3O3/c1-11(10-17-2)16(21)15-14(20)8-9-19(18-15)12-4-6-13(22-3)7-5-12/h4-10,17H,1-3H3/b11-10+. The van der Waals surface area contributed by atoms with Gasteiger partial charge in [0.2, 0.25) is 11.2 Å². The summed E-state index contributed by atoms with van der Waals surface area (Å²) in [7, 11) is 3.27. The van der Waals surface area contributed by atoms with Crippen LogP contribution >= 0.6 is 0 Å². The van der Waals surface area contributed by atoms with E-state index in [0.29, 0.717) is 11.3 Å². The fourth-order valence-electron chi connectivity index (χ4n) is 1.91. The van der Waals surface area contributed by atoms with E-state index in [9.17, 15) is 9.59 Å². The predicted octanol–water partition coefficient (Wildman–Crippen LogP) is 1.55. The number of benzene rings is 1. The summed E-state index contributed by atoms with van der Waals surface area (Å²) in [4.78, 5) is 24.1. The van der Waals surface area contributed by atoms with E-state index in [4.69, 9.17) is 4.74 Å². The van der Waals surface area contributed by atoms with Gasteiger partial charge in [-0.2, -0.15) is 5.10 Å². The van der Waals surface area contributed by atoms with E-state index in [2.05, 4.69) is 10.4 Å². The molecule has 0 aliphatic rings. The van der Waals surface area contributed by atoms with Gasteiger partial charge in [0, 0.05) is 31.1 Å². The minimum absolute atomic E-state index is 0.109. The number of aromatic nitrogens is 2. The second-order valence-electron chi connectivity index (χ2n) is 4.62. The zero-order valence-corrected chi connectivity index (χ0v) is 12.7. The average molecular weight is 299 g/mol. The van der Waals surface area contributed by atoms with Gasteiger partial charge in [-0.05, 0) is 31.2 Å². The van der Waals surface area contributed by atoms with Crippen LogP contribution in [0.5, 0.6) is 5.75 Å². The molecule has 0 aliphatic carbocycles. The van der Waals surface area contributed by atoms with Crippen LogP contribution in [0.1, 0.15) is 17.4 Å². The highest BCUT2D eigenvalue weighted by Gasteiger charge is 2.15. The number of nitrogens with one attached hydrogen (secondary N) is 1. The van der Waals surface area contributed by atoms with E-state index in [0.717, 1.165) is 5.69 Å². The second-order valence-corrected chi connectivity index (χ2v) is 4.62. The van der Waals surface area contributed by atoms with Crippen LogP contribution in [-0.4, -0.2) is 29.7 Å². The van der Waals surface area contributed by atoms with Gasteiger partial charge in [-0.3, -0.25) is 9.59 Å². The van der Waals surface area contributed by atoms with Crippen molar-refractivity contribution in [3.63, 3.8) is 0 Å². The summed E-state index contributed by atoms with van der Waals surface area (Å²) in [5.41, 5.74) is 0.630. The van der Waals surface area contributed by atoms with Crippen molar-refractivity contribution in [1.82, 2.24) is 15.1 Å². The van der Waals surface area contributed by atoms with Crippen LogP contribution in [0.25, 0.3) is 5.69 Å². The zero-order chi connectivity index (χ0) is 16.1. The molecule has 1 aromatic heterocycles. The molecule has 1 heterocycles. The van der Waals surface area contributed by atoms with Gasteiger partial charge in [0.25, 0.3) is 0 Å². The van der Waals surface area contributed by atoms with E-state index in [1.54, 1.807) is 45.3 Å². The number of nitrogens with zero attached hydrogens (tertiary/aromatic N) is 2. The summed E-state index contributed by atoms with van der Waals surface area (Å²) in [6.07, 6.45) is 3.06. The van der Waals surface area contributed by atoms with Crippen molar-refractivity contribution in [1.29, 1.82) is 0 Å². The molecule has 1 N–H and O–H groups in total. The molecule has 0 aliphatic heterocycles. The first kappa shape index (κ1) is 15.5. The molecular formula is C16H17N3O3. The Labute approximate surface area is 128 Å². The van der Waals surface area contributed by atoms with Crippen LogP contribution in [0.15, 0.2) is 53.1 Å². The molecule has 0 saturated heterocycles. The maximum Gasteiger partial charge on any atom is 0.214 e. The number of carbonyl (C=O) groups is 1. The average Bonchev–Trinajstić information content (AvgIpc) is 2.55. The Morgan fingerprint density at radius 2 is 1.95 bits per heavy atom. The molecule has 0 spiro atoms. The van der Waals surface area contributed by atoms with E-state index in [1.807, 2.05) is 0 Å². The lowest BCUT2D eigenvalue weighted by molar-refractivity contribution is 0.102. The van der Waals surface area contributed by atoms with Crippen molar-refractivity contribution in [2.24, 2.45) is 0 Å². The Bertz CT molecular complexity index is 761. The van der Waals surface area contributed by atoms with Gasteiger partial charge in [0.15, 0.2) is 5.69 Å². The number of hydrogen-bond donors (Lipinski definition) is 1. The molecule has 0 unspecified atom stereocenters. The van der Waals surface area contributed by atoms with Crippen LogP contribution in [0.3, 0.4) is 0 Å². The van der Waals surface area contributed by atoms with Crippen molar-refractivity contribution in [3.05, 3.63) is 64.2 Å². The number of Topliss-reactive ketones (excluding diaryl/α,β-unsaturated/α-hetero) is 1. The number of rotatable bonds is 5. The minimum atomic E-state index is -0.404. The van der Waals surface area contributed by atoms with Gasteiger partial charge in [0.1, 0.15) is 5.75 Å². The summed E-state index contributed by atoms with van der Waals surface area (Å²) in [5.74, 6) is 0.316. The summed E-state index contributed by atoms with van der Waals surface area (Å²) in [5, 5.41) is 6.91. The summed E-state index contributed by atoms with van der Waals surface area (Å²) >= 11 is 0. The molecule has 22 heavy (non-hydrogen) atoms. The number of methoxy groups -OCH3 is 1. The molecule has 114 valence electrons. The molecular weight excluding hydrogens is 282 g/mol. The quantitative estimate of drug-likeness (QED) is 0.670. The maximum absolute atomic E-state index is 12.2. The first-order chi connectivity index (χ1) is 10.6. The lowest BCUT2D eigenvalue weighted by Crippen LogP contribution is -2.21. The topological polar surface area (TPSA) is 73.2 Å². The lowest BCUT2D eigenvalue weighted by atomic mass is 10.1. The Kier molecular flexibility index (Phi) is 4.73. The van der Waals surface area contributed by atoms with Crippen LogP contribution < -0.4 is 15.5 Å². The summed E-state index contributed by atoms with van der Waals surface area (Å²) in [6, 6.07) is 8.48. The number of ether oxygens (including phenoxy) is 1. The van der Waals surface area contributed by atoms with Crippen LogP contribution in [0.4, 0.5) is 0 Å². The third-order valence-electron chi connectivity index (χ3n) is 3.08. The van der Waals surface area contributed by atoms with Crippen molar-refractivity contribution in [2.45, 2.75) is 6.92 Å². The van der Waals surface area contributed by atoms with Crippen LogP contribution in [-0.2, 0) is 0 Å². The predicted molar refractivity (Wildman–Crippen MR) is 83.5 cm³/mol. The number of ketones is 1. The zero-order valence-electron chi connectivity index (χ0n) is 12.7. The third kappa shape index (κ3) is 3.22. The Morgan fingerprint density at radius 3 is 2.55 bits per heavy atom. The molecule has 0 atom stereocenters. The van der Waals surface area contributed by atoms with E-state index < -0.39 is 11.2 Å². The van der Waals surface area contributed by atoms with Gasteiger partial charge in [-0.25, -0.2) is 4.68 Å². The van der Waals surface area contributed by atoms with Crippen molar-refractivity contribution in [3.8, 4) is 11.4 Å². The molecule has 1 aromatic carbocycles. The fourth-order valence-corrected chi connectivity index (χ4v) is 1.91. The highest BCUT2D eigenvalue weighted by Crippen LogP contribution is 2.13. The Hall–Kier alpha value is -2.89. The highest BCUT2D eigenvalue weighted by molar-refractivity contribution is 6.06. The van der Waals surface area contributed by atoms with E-state index in [-0.39, 0.29) is 5.69 Å². The Morgan fingerprint density at radius 1 is 1.27 bits per heavy atom. The molecule has 0 amide bonds. The first-order valence-electron chi connectivity index (χ1n) is 6.70. The third-order valence-corrected chi connectivity index (χ3v) is 3.08. The molecule has 6 heteroatoms. The highest BCUT2D eigenvalue weighted by atomic mass is 16.5. The molecule has 2 rings (SSSR count). The van der Waals surface area contributed by atoms with Gasteiger partial charge < -0.3 is 10.1 Å². The van der Waals surface area contributed by atoms with Gasteiger partial charge >= 0.3 is 0 Å². The van der Waals surface area contributed by atoms with Crippen molar-refractivity contribution < 1.29 is 9.53 Å². The van der Waals surface area contributed by atoms with E-state index >= 15 is 0 Å². The van der Waals surface area contributed by atoms with Crippen LogP contribution in [0, 0.1) is 0 Å². The first-order valence-corrected chi connectivity index (χ1v) is 6.70. The van der Waals surface area contributed by atoms with E-state index in [1.165, 1.54) is 23.1 Å². The molecule has 0 bridgehead atoms. The molecule has 0 saturated carbocycles. The molecule has 0 radical (unpaired) electrons.